The molecule has 0 spiro atoms. The lowest BCUT2D eigenvalue weighted by atomic mass is 10.1. The van der Waals surface area contributed by atoms with Gasteiger partial charge < -0.3 is 10.4 Å². The van der Waals surface area contributed by atoms with Gasteiger partial charge in [-0.2, -0.15) is 0 Å². The smallest absolute Gasteiger partial charge is 0.132 e. The second kappa shape index (κ2) is 5.59. The van der Waals surface area contributed by atoms with Crippen LogP contribution in [-0.2, 0) is 6.42 Å². The molecule has 16 heavy (non-hydrogen) atoms. The molecule has 4 nitrogen and oxygen atoms in total. The molecule has 0 radical (unpaired) electrons. The van der Waals surface area contributed by atoms with Crippen molar-refractivity contribution in [2.75, 3.05) is 11.9 Å². The van der Waals surface area contributed by atoms with E-state index in [0.717, 1.165) is 29.1 Å². The molecule has 2 N–H and O–H groups in total. The molecule has 0 amide bonds. The Hall–Kier alpha value is -0.680. The van der Waals surface area contributed by atoms with Crippen LogP contribution < -0.4 is 5.32 Å². The van der Waals surface area contributed by atoms with Crippen molar-refractivity contribution in [1.29, 1.82) is 0 Å². The molecule has 1 rings (SSSR count). The van der Waals surface area contributed by atoms with Crippen LogP contribution in [0, 0.1) is 0 Å². The third kappa shape index (κ3) is 4.06. The predicted molar refractivity (Wildman–Crippen MR) is 68.5 cm³/mol. The predicted octanol–water partition coefficient (Wildman–Crippen LogP) is 2.37. The Morgan fingerprint density at radius 2 is 2.12 bits per heavy atom. The molecule has 1 aromatic rings. The quantitative estimate of drug-likeness (QED) is 0.817. The molecule has 0 aliphatic rings. The molecule has 5 heteroatoms. The van der Waals surface area contributed by atoms with Gasteiger partial charge in [0, 0.05) is 12.5 Å². The molecule has 0 unspecified atom stereocenters. The van der Waals surface area contributed by atoms with Crippen molar-refractivity contribution < 1.29 is 5.11 Å². The summed E-state index contributed by atoms with van der Waals surface area (Å²) < 4.78 is 0.766. The first kappa shape index (κ1) is 13.4. The molecule has 0 atom stereocenters. The molecular weight excluding hydrogens is 270 g/mol. The summed E-state index contributed by atoms with van der Waals surface area (Å²) in [6, 6.07) is 1.82. The van der Waals surface area contributed by atoms with Crippen LogP contribution in [-0.4, -0.2) is 27.2 Å². The van der Waals surface area contributed by atoms with Crippen molar-refractivity contribution in [3.8, 4) is 0 Å². The zero-order valence-corrected chi connectivity index (χ0v) is 11.5. The maximum Gasteiger partial charge on any atom is 0.132 e. The SMILES string of the molecule is CCCc1nc(Br)cc(NC(C)(C)CO)n1. The topological polar surface area (TPSA) is 58.0 Å². The van der Waals surface area contributed by atoms with Crippen LogP contribution in [0.1, 0.15) is 33.0 Å². The number of aryl methyl sites for hydroxylation is 1. The van der Waals surface area contributed by atoms with Gasteiger partial charge in [0.05, 0.1) is 12.1 Å². The van der Waals surface area contributed by atoms with E-state index in [1.807, 2.05) is 19.9 Å². The van der Waals surface area contributed by atoms with E-state index in [1.54, 1.807) is 0 Å². The molecule has 1 heterocycles. The number of aliphatic hydroxyl groups excluding tert-OH is 1. The lowest BCUT2D eigenvalue weighted by molar-refractivity contribution is 0.234. The number of nitrogens with zero attached hydrogens (tertiary/aromatic N) is 2. The van der Waals surface area contributed by atoms with Crippen molar-refractivity contribution in [3.05, 3.63) is 16.5 Å². The lowest BCUT2D eigenvalue weighted by Crippen LogP contribution is -2.35. The monoisotopic (exact) mass is 287 g/mol. The Morgan fingerprint density at radius 1 is 1.44 bits per heavy atom. The molecule has 0 saturated heterocycles. The number of anilines is 1. The third-order valence-electron chi connectivity index (χ3n) is 2.08. The van der Waals surface area contributed by atoms with Gasteiger partial charge in [0.2, 0.25) is 0 Å². The van der Waals surface area contributed by atoms with Crippen molar-refractivity contribution in [3.63, 3.8) is 0 Å². The highest BCUT2D eigenvalue weighted by atomic mass is 79.9. The normalized spacial score (nSPS) is 11.6. The second-order valence-corrected chi connectivity index (χ2v) is 5.22. The van der Waals surface area contributed by atoms with Crippen molar-refractivity contribution in [2.24, 2.45) is 0 Å². The van der Waals surface area contributed by atoms with Gasteiger partial charge >= 0.3 is 0 Å². The van der Waals surface area contributed by atoms with Gasteiger partial charge in [-0.05, 0) is 36.2 Å². The summed E-state index contributed by atoms with van der Waals surface area (Å²) in [6.07, 6.45) is 1.87. The van der Waals surface area contributed by atoms with Crippen molar-refractivity contribution in [2.45, 2.75) is 39.2 Å². The first-order valence-corrected chi connectivity index (χ1v) is 6.18. The summed E-state index contributed by atoms with van der Waals surface area (Å²) in [6.45, 7) is 5.98. The van der Waals surface area contributed by atoms with E-state index < -0.39 is 0 Å². The van der Waals surface area contributed by atoms with Crippen LogP contribution in [0.4, 0.5) is 5.82 Å². The molecule has 0 saturated carbocycles. The van der Waals surface area contributed by atoms with Crippen LogP contribution >= 0.6 is 15.9 Å². The standard InChI is InChI=1S/C11H18BrN3O/c1-4-5-9-13-8(12)6-10(14-9)15-11(2,3)7-16/h6,16H,4-5,7H2,1-3H3,(H,13,14,15). The van der Waals surface area contributed by atoms with Gasteiger partial charge in [0.25, 0.3) is 0 Å². The molecule has 90 valence electrons. The van der Waals surface area contributed by atoms with Crippen molar-refractivity contribution in [1.82, 2.24) is 9.97 Å². The summed E-state index contributed by atoms with van der Waals surface area (Å²) in [5.74, 6) is 1.55. The van der Waals surface area contributed by atoms with E-state index in [1.165, 1.54) is 0 Å². The summed E-state index contributed by atoms with van der Waals surface area (Å²) in [5.41, 5.74) is -0.378. The van der Waals surface area contributed by atoms with E-state index in [2.05, 4.69) is 38.1 Å². The van der Waals surface area contributed by atoms with E-state index in [-0.39, 0.29) is 12.1 Å². The van der Waals surface area contributed by atoms with Crippen LogP contribution in [0.25, 0.3) is 0 Å². The minimum absolute atomic E-state index is 0.0533. The summed E-state index contributed by atoms with van der Waals surface area (Å²) in [7, 11) is 0. The summed E-state index contributed by atoms with van der Waals surface area (Å²) in [4.78, 5) is 8.68. The fourth-order valence-corrected chi connectivity index (χ4v) is 1.67. The number of halogens is 1. The number of hydrogen-bond donors (Lipinski definition) is 2. The van der Waals surface area contributed by atoms with Gasteiger partial charge in [0.1, 0.15) is 16.2 Å². The minimum Gasteiger partial charge on any atom is -0.394 e. The first-order chi connectivity index (χ1) is 7.46. The zero-order chi connectivity index (χ0) is 12.2. The average Bonchev–Trinajstić information content (AvgIpc) is 2.16. The molecule has 0 bridgehead atoms. The second-order valence-electron chi connectivity index (χ2n) is 4.41. The molecular formula is C11H18BrN3O. The van der Waals surface area contributed by atoms with E-state index in [4.69, 9.17) is 0 Å². The first-order valence-electron chi connectivity index (χ1n) is 5.39. The van der Waals surface area contributed by atoms with Gasteiger partial charge in [-0.25, -0.2) is 9.97 Å². The van der Waals surface area contributed by atoms with Crippen LogP contribution in [0.2, 0.25) is 0 Å². The van der Waals surface area contributed by atoms with E-state index in [9.17, 15) is 5.11 Å². The fraction of sp³-hybridized carbons (Fsp3) is 0.636. The van der Waals surface area contributed by atoms with Crippen molar-refractivity contribution >= 4 is 21.7 Å². The highest BCUT2D eigenvalue weighted by Gasteiger charge is 2.17. The summed E-state index contributed by atoms with van der Waals surface area (Å²) in [5, 5.41) is 12.4. The Labute approximate surface area is 105 Å². The Balaban J connectivity index is 2.87. The number of hydrogen-bond acceptors (Lipinski definition) is 4. The molecule has 0 fully saturated rings. The number of nitrogens with one attached hydrogen (secondary N) is 1. The molecule has 0 aliphatic carbocycles. The van der Waals surface area contributed by atoms with Gasteiger partial charge in [-0.1, -0.05) is 6.92 Å². The van der Waals surface area contributed by atoms with E-state index >= 15 is 0 Å². The summed E-state index contributed by atoms with van der Waals surface area (Å²) >= 11 is 3.36. The van der Waals surface area contributed by atoms with Gasteiger partial charge in [-0.15, -0.1) is 0 Å². The Bertz CT molecular complexity index is 355. The van der Waals surface area contributed by atoms with Crippen LogP contribution in [0.3, 0.4) is 0 Å². The molecule has 0 aromatic carbocycles. The van der Waals surface area contributed by atoms with Gasteiger partial charge in [-0.3, -0.25) is 0 Å². The fourth-order valence-electron chi connectivity index (χ4n) is 1.25. The average molecular weight is 288 g/mol. The third-order valence-corrected chi connectivity index (χ3v) is 2.48. The molecule has 1 aromatic heterocycles. The number of aliphatic hydroxyl groups is 1. The minimum atomic E-state index is -0.378. The highest BCUT2D eigenvalue weighted by Crippen LogP contribution is 2.17. The van der Waals surface area contributed by atoms with Crippen LogP contribution in [0.5, 0.6) is 0 Å². The number of rotatable bonds is 5. The largest absolute Gasteiger partial charge is 0.394 e. The number of aromatic nitrogens is 2. The van der Waals surface area contributed by atoms with Gasteiger partial charge in [0.15, 0.2) is 0 Å². The highest BCUT2D eigenvalue weighted by molar-refractivity contribution is 9.10. The molecule has 0 aliphatic heterocycles. The maximum absolute atomic E-state index is 9.18. The van der Waals surface area contributed by atoms with Crippen LogP contribution in [0.15, 0.2) is 10.7 Å². The Kier molecular flexibility index (Phi) is 4.68. The maximum atomic E-state index is 9.18. The lowest BCUT2D eigenvalue weighted by Gasteiger charge is -2.24. The Morgan fingerprint density at radius 3 is 2.69 bits per heavy atom. The zero-order valence-electron chi connectivity index (χ0n) is 9.92. The van der Waals surface area contributed by atoms with E-state index in [0.29, 0.717) is 0 Å².